The van der Waals surface area contributed by atoms with Crippen LogP contribution in [0.1, 0.15) is 60.5 Å². The summed E-state index contributed by atoms with van der Waals surface area (Å²) in [6.45, 7) is 20.9. The Kier molecular flexibility index (Phi) is 10.7. The lowest BCUT2D eigenvalue weighted by Gasteiger charge is -2.34. The summed E-state index contributed by atoms with van der Waals surface area (Å²) in [5, 5.41) is 9.11. The largest absolute Gasteiger partial charge is 0.444 e. The summed E-state index contributed by atoms with van der Waals surface area (Å²) in [5.41, 5.74) is 3.69. The van der Waals surface area contributed by atoms with Crippen LogP contribution < -0.4 is 20.9 Å². The quantitative estimate of drug-likeness (QED) is 0.247. The Bertz CT molecular complexity index is 1450. The van der Waals surface area contributed by atoms with E-state index in [4.69, 9.17) is 9.72 Å². The average molecular weight is 616 g/mol. The summed E-state index contributed by atoms with van der Waals surface area (Å²) in [5.74, 6) is 1.42. The van der Waals surface area contributed by atoms with Crippen molar-refractivity contribution in [3.63, 3.8) is 0 Å². The molecule has 0 saturated carbocycles. The number of pyridine rings is 2. The van der Waals surface area contributed by atoms with Gasteiger partial charge in [0.05, 0.1) is 11.9 Å². The maximum Gasteiger partial charge on any atom is 0.408 e. The number of amides is 2. The molecule has 10 nitrogen and oxygen atoms in total. The number of aryl methyl sites for hydroxylation is 1. The topological polar surface area (TPSA) is 112 Å². The second kappa shape index (κ2) is 14.3. The molecule has 0 unspecified atom stereocenters. The molecule has 0 radical (unpaired) electrons. The number of nitrogens with zero attached hydrogens (tertiary/aromatic N) is 4. The van der Waals surface area contributed by atoms with Gasteiger partial charge in [0, 0.05) is 38.1 Å². The number of hydrogen-bond donors (Lipinski definition) is 3. The second-order valence-electron chi connectivity index (χ2n) is 13.9. The van der Waals surface area contributed by atoms with E-state index in [9.17, 15) is 9.59 Å². The van der Waals surface area contributed by atoms with Crippen LogP contribution >= 0.6 is 0 Å². The normalized spacial score (nSPS) is 14.9. The van der Waals surface area contributed by atoms with Gasteiger partial charge in [-0.05, 0) is 99.2 Å². The summed E-state index contributed by atoms with van der Waals surface area (Å²) in [7, 11) is 0. The van der Waals surface area contributed by atoms with E-state index in [0.29, 0.717) is 17.9 Å². The Morgan fingerprint density at radius 3 is 2.24 bits per heavy atom. The van der Waals surface area contributed by atoms with E-state index < -0.39 is 17.7 Å². The van der Waals surface area contributed by atoms with Crippen molar-refractivity contribution in [2.75, 3.05) is 48.3 Å². The SMILES string of the molecule is CCN1CCN(c2ccc(Nc3cc(-c4ccc(NC(=O)[C@@H](CC(C)(C)C)NC(=O)OC(C)(C)C)cc4C)ccn3)cn2)CC1. The second-order valence-corrected chi connectivity index (χ2v) is 13.9. The Balaban J connectivity index is 1.41. The van der Waals surface area contributed by atoms with Gasteiger partial charge in [-0.1, -0.05) is 33.8 Å². The molecule has 0 spiro atoms. The Hall–Kier alpha value is -4.18. The number of benzene rings is 1. The highest BCUT2D eigenvalue weighted by molar-refractivity contribution is 5.97. The molecular formula is C35H49N7O3. The monoisotopic (exact) mass is 615 g/mol. The highest BCUT2D eigenvalue weighted by Gasteiger charge is 2.29. The Morgan fingerprint density at radius 2 is 1.64 bits per heavy atom. The van der Waals surface area contributed by atoms with Gasteiger partial charge in [0.15, 0.2) is 0 Å². The lowest BCUT2D eigenvalue weighted by Crippen LogP contribution is -2.47. The Labute approximate surface area is 268 Å². The highest BCUT2D eigenvalue weighted by Crippen LogP contribution is 2.29. The van der Waals surface area contributed by atoms with Gasteiger partial charge in [-0.25, -0.2) is 14.8 Å². The molecule has 1 aromatic carbocycles. The number of carbonyl (C=O) groups excluding carboxylic acids is 2. The van der Waals surface area contributed by atoms with Crippen LogP contribution in [0.3, 0.4) is 0 Å². The molecule has 1 atom stereocenters. The number of aromatic nitrogens is 2. The number of anilines is 4. The van der Waals surface area contributed by atoms with Gasteiger partial charge in [-0.3, -0.25) is 4.79 Å². The van der Waals surface area contributed by atoms with E-state index in [1.807, 2.05) is 70.3 Å². The molecule has 3 aromatic rings. The van der Waals surface area contributed by atoms with Gasteiger partial charge >= 0.3 is 6.09 Å². The number of piperazine rings is 1. The molecule has 4 rings (SSSR count). The number of likely N-dealkylation sites (N-methyl/N-ethyl adjacent to an activating group) is 1. The highest BCUT2D eigenvalue weighted by atomic mass is 16.6. The maximum atomic E-state index is 13.3. The summed E-state index contributed by atoms with van der Waals surface area (Å²) in [4.78, 5) is 39.8. The van der Waals surface area contributed by atoms with E-state index in [1.165, 1.54) is 0 Å². The minimum absolute atomic E-state index is 0.188. The van der Waals surface area contributed by atoms with Crippen molar-refractivity contribution in [3.05, 3.63) is 60.4 Å². The molecule has 1 aliphatic heterocycles. The number of alkyl carbamates (subject to hydrolysis) is 1. The molecule has 0 bridgehead atoms. The first-order valence-electron chi connectivity index (χ1n) is 15.8. The fraction of sp³-hybridized carbons (Fsp3) is 0.486. The summed E-state index contributed by atoms with van der Waals surface area (Å²) < 4.78 is 5.40. The van der Waals surface area contributed by atoms with Crippen molar-refractivity contribution in [3.8, 4) is 11.1 Å². The predicted octanol–water partition coefficient (Wildman–Crippen LogP) is 6.61. The van der Waals surface area contributed by atoms with Crippen LogP contribution in [0.15, 0.2) is 54.9 Å². The number of ether oxygens (including phenoxy) is 1. The van der Waals surface area contributed by atoms with Gasteiger partial charge in [0.25, 0.3) is 0 Å². The standard InChI is InChI=1S/C35H49N7O3/c1-9-41-16-18-42(19-17-41)31-13-11-27(23-37-31)38-30-21-25(14-15-36-30)28-12-10-26(20-24(28)2)39-32(43)29(22-34(3,4)5)40-33(44)45-35(6,7)8/h10-15,20-21,23,29H,9,16-19,22H2,1-8H3,(H,36,38)(H,39,43)(H,40,44)/t29-/m1/s1. The lowest BCUT2D eigenvalue weighted by atomic mass is 9.87. The van der Waals surface area contributed by atoms with Crippen LogP contribution in [0.5, 0.6) is 0 Å². The van der Waals surface area contributed by atoms with Gasteiger partial charge < -0.3 is 30.5 Å². The van der Waals surface area contributed by atoms with Crippen LogP contribution in [-0.4, -0.2) is 71.2 Å². The summed E-state index contributed by atoms with van der Waals surface area (Å²) >= 11 is 0. The van der Waals surface area contributed by atoms with Crippen LogP contribution in [0.2, 0.25) is 0 Å². The van der Waals surface area contributed by atoms with Gasteiger partial charge in [0.2, 0.25) is 5.91 Å². The van der Waals surface area contributed by atoms with Crippen molar-refractivity contribution >= 4 is 35.0 Å². The molecule has 10 heteroatoms. The summed E-state index contributed by atoms with van der Waals surface area (Å²) in [6.07, 6.45) is 3.47. The van der Waals surface area contributed by atoms with Gasteiger partial charge in [-0.15, -0.1) is 0 Å². The fourth-order valence-electron chi connectivity index (χ4n) is 5.32. The van der Waals surface area contributed by atoms with Crippen LogP contribution in [-0.2, 0) is 9.53 Å². The molecule has 1 fully saturated rings. The number of rotatable bonds is 9. The van der Waals surface area contributed by atoms with Crippen LogP contribution in [0.4, 0.5) is 27.8 Å². The first-order chi connectivity index (χ1) is 21.2. The number of hydrogen-bond acceptors (Lipinski definition) is 8. The van der Waals surface area contributed by atoms with E-state index in [0.717, 1.165) is 60.9 Å². The van der Waals surface area contributed by atoms with E-state index in [-0.39, 0.29) is 11.3 Å². The van der Waals surface area contributed by atoms with Crippen molar-refractivity contribution < 1.29 is 14.3 Å². The average Bonchev–Trinajstić information content (AvgIpc) is 2.96. The van der Waals surface area contributed by atoms with E-state index in [2.05, 4.69) is 43.7 Å². The smallest absolute Gasteiger partial charge is 0.408 e. The van der Waals surface area contributed by atoms with E-state index in [1.54, 1.807) is 27.0 Å². The van der Waals surface area contributed by atoms with Gasteiger partial charge in [0.1, 0.15) is 23.3 Å². The first-order valence-corrected chi connectivity index (χ1v) is 15.8. The minimum atomic E-state index is -0.747. The third-order valence-electron chi connectivity index (χ3n) is 7.55. The first kappa shape index (κ1) is 33.7. The van der Waals surface area contributed by atoms with E-state index >= 15 is 0 Å². The van der Waals surface area contributed by atoms with Gasteiger partial charge in [-0.2, -0.15) is 0 Å². The fourth-order valence-corrected chi connectivity index (χ4v) is 5.32. The number of nitrogens with one attached hydrogen (secondary N) is 3. The molecule has 1 saturated heterocycles. The molecule has 3 N–H and O–H groups in total. The maximum absolute atomic E-state index is 13.3. The zero-order valence-corrected chi connectivity index (χ0v) is 28.0. The molecule has 0 aliphatic carbocycles. The zero-order valence-electron chi connectivity index (χ0n) is 28.0. The zero-order chi connectivity index (χ0) is 32.8. The van der Waals surface area contributed by atoms with Crippen molar-refractivity contribution in [1.29, 1.82) is 0 Å². The number of carbonyl (C=O) groups is 2. The predicted molar refractivity (Wildman–Crippen MR) is 182 cm³/mol. The minimum Gasteiger partial charge on any atom is -0.444 e. The molecular weight excluding hydrogens is 566 g/mol. The molecule has 2 amide bonds. The van der Waals surface area contributed by atoms with Crippen LogP contribution in [0, 0.1) is 12.3 Å². The van der Waals surface area contributed by atoms with Crippen molar-refractivity contribution in [1.82, 2.24) is 20.2 Å². The molecule has 1 aliphatic rings. The third kappa shape index (κ3) is 10.2. The molecule has 2 aromatic heterocycles. The molecule has 3 heterocycles. The molecule has 45 heavy (non-hydrogen) atoms. The lowest BCUT2D eigenvalue weighted by molar-refractivity contribution is -0.118. The molecule has 242 valence electrons. The Morgan fingerprint density at radius 1 is 0.933 bits per heavy atom. The summed E-state index contributed by atoms with van der Waals surface area (Å²) in [6, 6.07) is 13.1. The van der Waals surface area contributed by atoms with Crippen LogP contribution in [0.25, 0.3) is 11.1 Å². The van der Waals surface area contributed by atoms with Crippen molar-refractivity contribution in [2.45, 2.75) is 73.5 Å². The van der Waals surface area contributed by atoms with Crippen molar-refractivity contribution in [2.24, 2.45) is 5.41 Å². The third-order valence-corrected chi connectivity index (χ3v) is 7.55.